The van der Waals surface area contributed by atoms with Crippen molar-refractivity contribution >= 4 is 9.84 Å². The van der Waals surface area contributed by atoms with Crippen LogP contribution in [0.1, 0.15) is 45.4 Å². The van der Waals surface area contributed by atoms with Gasteiger partial charge in [-0.2, -0.15) is 0 Å². The van der Waals surface area contributed by atoms with Gasteiger partial charge < -0.3 is 10.8 Å². The Kier molecular flexibility index (Phi) is 3.30. The van der Waals surface area contributed by atoms with E-state index in [1.54, 1.807) is 0 Å². The van der Waals surface area contributed by atoms with E-state index >= 15 is 0 Å². The van der Waals surface area contributed by atoms with Crippen LogP contribution in [0.4, 0.5) is 0 Å². The van der Waals surface area contributed by atoms with Crippen LogP contribution in [-0.2, 0) is 9.84 Å². The second-order valence-corrected chi connectivity index (χ2v) is 8.34. The van der Waals surface area contributed by atoms with Gasteiger partial charge in [0.2, 0.25) is 0 Å². The molecule has 1 aliphatic heterocycles. The van der Waals surface area contributed by atoms with Crippen LogP contribution < -0.4 is 5.73 Å². The lowest BCUT2D eigenvalue weighted by Crippen LogP contribution is -2.64. The summed E-state index contributed by atoms with van der Waals surface area (Å²) in [5.41, 5.74) is 4.78. The van der Waals surface area contributed by atoms with Crippen LogP contribution in [-0.4, -0.2) is 36.2 Å². The summed E-state index contributed by atoms with van der Waals surface area (Å²) in [6.07, 6.45) is 4.36. The van der Waals surface area contributed by atoms with Crippen LogP contribution in [0.25, 0.3) is 0 Å². The molecule has 0 spiro atoms. The minimum atomic E-state index is -2.92. The van der Waals surface area contributed by atoms with Crippen molar-refractivity contribution < 1.29 is 13.5 Å². The Morgan fingerprint density at radius 2 is 1.82 bits per heavy atom. The number of rotatable bonds is 1. The minimum Gasteiger partial charge on any atom is -0.388 e. The van der Waals surface area contributed by atoms with Crippen molar-refractivity contribution in [2.24, 2.45) is 11.7 Å². The van der Waals surface area contributed by atoms with Gasteiger partial charge in [-0.05, 0) is 31.6 Å². The van der Waals surface area contributed by atoms with E-state index in [1.165, 1.54) is 0 Å². The minimum absolute atomic E-state index is 0.125. The van der Waals surface area contributed by atoms with Gasteiger partial charge in [-0.15, -0.1) is 0 Å². The first-order valence-corrected chi connectivity index (χ1v) is 8.30. The molecular weight excluding hydrogens is 238 g/mol. The van der Waals surface area contributed by atoms with Crippen LogP contribution in [0.2, 0.25) is 0 Å². The third-order valence-corrected chi connectivity index (χ3v) is 6.27. The van der Waals surface area contributed by atoms with E-state index in [1.807, 2.05) is 0 Å². The smallest absolute Gasteiger partial charge is 0.150 e. The molecule has 0 amide bonds. The van der Waals surface area contributed by atoms with Gasteiger partial charge >= 0.3 is 0 Å². The first-order valence-electron chi connectivity index (χ1n) is 6.48. The number of nitrogens with two attached hydrogens (primary N) is 1. The molecule has 1 heterocycles. The Bertz CT molecular complexity index is 379. The number of hydrogen-bond donors (Lipinski definition) is 2. The molecule has 4 nitrogen and oxygen atoms in total. The van der Waals surface area contributed by atoms with Crippen molar-refractivity contribution in [3.8, 4) is 0 Å². The van der Waals surface area contributed by atoms with Crippen molar-refractivity contribution in [2.45, 2.75) is 56.6 Å². The predicted octanol–water partition coefficient (Wildman–Crippen LogP) is 0.834. The molecule has 0 aromatic heterocycles. The molecule has 2 aliphatic rings. The maximum atomic E-state index is 11.5. The molecule has 17 heavy (non-hydrogen) atoms. The van der Waals surface area contributed by atoms with Gasteiger partial charge in [-0.3, -0.25) is 0 Å². The monoisotopic (exact) mass is 261 g/mol. The van der Waals surface area contributed by atoms with Gasteiger partial charge in [0, 0.05) is 5.54 Å². The highest BCUT2D eigenvalue weighted by molar-refractivity contribution is 7.91. The standard InChI is InChI=1S/C12H23NO3S/c1-10-3-2-4-12(14,9-10)11(13)5-7-17(15,16)8-6-11/h10,14H,2-9,13H2,1H3. The summed E-state index contributed by atoms with van der Waals surface area (Å²) in [5, 5.41) is 10.8. The van der Waals surface area contributed by atoms with Gasteiger partial charge in [0.25, 0.3) is 0 Å². The molecule has 1 aliphatic carbocycles. The SMILES string of the molecule is CC1CCCC(O)(C2(N)CCS(=O)(=O)CC2)C1. The molecule has 100 valence electrons. The Balaban J connectivity index is 2.15. The summed E-state index contributed by atoms with van der Waals surface area (Å²) < 4.78 is 22.9. The van der Waals surface area contributed by atoms with Crippen molar-refractivity contribution in [3.05, 3.63) is 0 Å². The summed E-state index contributed by atoms with van der Waals surface area (Å²) >= 11 is 0. The molecule has 0 bridgehead atoms. The van der Waals surface area contributed by atoms with Gasteiger partial charge in [-0.1, -0.05) is 19.8 Å². The Morgan fingerprint density at radius 3 is 2.35 bits per heavy atom. The van der Waals surface area contributed by atoms with Gasteiger partial charge in [0.15, 0.2) is 0 Å². The van der Waals surface area contributed by atoms with Crippen LogP contribution in [0, 0.1) is 5.92 Å². The zero-order valence-corrected chi connectivity index (χ0v) is 11.3. The first kappa shape index (κ1) is 13.3. The van der Waals surface area contributed by atoms with E-state index in [9.17, 15) is 13.5 Å². The van der Waals surface area contributed by atoms with Gasteiger partial charge in [0.1, 0.15) is 9.84 Å². The Hall–Kier alpha value is -0.130. The lowest BCUT2D eigenvalue weighted by atomic mass is 9.66. The van der Waals surface area contributed by atoms with E-state index in [0.29, 0.717) is 31.6 Å². The zero-order chi connectivity index (χ0) is 12.7. The van der Waals surface area contributed by atoms with Crippen LogP contribution in [0.15, 0.2) is 0 Å². The summed E-state index contributed by atoms with van der Waals surface area (Å²) in [6.45, 7) is 2.13. The Morgan fingerprint density at radius 1 is 1.24 bits per heavy atom. The summed E-state index contributed by atoms with van der Waals surface area (Å²) in [7, 11) is -2.92. The van der Waals surface area contributed by atoms with E-state index in [4.69, 9.17) is 5.73 Å². The zero-order valence-electron chi connectivity index (χ0n) is 10.5. The molecule has 0 aromatic carbocycles. The van der Waals surface area contributed by atoms with E-state index in [0.717, 1.165) is 12.8 Å². The third-order valence-electron chi connectivity index (χ3n) is 4.62. The van der Waals surface area contributed by atoms with Crippen molar-refractivity contribution in [3.63, 3.8) is 0 Å². The summed E-state index contributed by atoms with van der Waals surface area (Å²) in [4.78, 5) is 0. The molecule has 2 atom stereocenters. The molecule has 1 saturated carbocycles. The second kappa shape index (κ2) is 4.21. The fourth-order valence-corrected chi connectivity index (χ4v) is 4.90. The number of sulfone groups is 1. The molecule has 0 aromatic rings. The molecule has 0 radical (unpaired) electrons. The quantitative estimate of drug-likeness (QED) is 0.733. The predicted molar refractivity (Wildman–Crippen MR) is 67.4 cm³/mol. The maximum Gasteiger partial charge on any atom is 0.150 e. The van der Waals surface area contributed by atoms with Crippen molar-refractivity contribution in [1.82, 2.24) is 0 Å². The normalized spacial score (nSPS) is 41.0. The van der Waals surface area contributed by atoms with Crippen LogP contribution >= 0.6 is 0 Å². The van der Waals surface area contributed by atoms with E-state index < -0.39 is 21.0 Å². The highest BCUT2D eigenvalue weighted by atomic mass is 32.2. The number of hydrogen-bond acceptors (Lipinski definition) is 4. The molecule has 3 N–H and O–H groups in total. The summed E-state index contributed by atoms with van der Waals surface area (Å²) in [5.74, 6) is 0.730. The summed E-state index contributed by atoms with van der Waals surface area (Å²) in [6, 6.07) is 0. The van der Waals surface area contributed by atoms with E-state index in [-0.39, 0.29) is 11.5 Å². The largest absolute Gasteiger partial charge is 0.388 e. The van der Waals surface area contributed by atoms with Crippen molar-refractivity contribution in [1.29, 1.82) is 0 Å². The molecular formula is C12H23NO3S. The lowest BCUT2D eigenvalue weighted by molar-refractivity contribution is -0.0806. The molecule has 1 saturated heterocycles. The maximum absolute atomic E-state index is 11.5. The second-order valence-electron chi connectivity index (χ2n) is 6.04. The van der Waals surface area contributed by atoms with Crippen LogP contribution in [0.3, 0.4) is 0 Å². The average Bonchev–Trinajstić information content (AvgIpc) is 2.22. The molecule has 5 heteroatoms. The van der Waals surface area contributed by atoms with E-state index in [2.05, 4.69) is 6.92 Å². The number of aliphatic hydroxyl groups is 1. The molecule has 2 fully saturated rings. The highest BCUT2D eigenvalue weighted by Gasteiger charge is 2.51. The topological polar surface area (TPSA) is 80.4 Å². The highest BCUT2D eigenvalue weighted by Crippen LogP contribution is 2.43. The Labute approximate surface area is 104 Å². The molecule has 2 rings (SSSR count). The fourth-order valence-electron chi connectivity index (χ4n) is 3.34. The third kappa shape index (κ3) is 2.51. The van der Waals surface area contributed by atoms with Crippen molar-refractivity contribution in [2.75, 3.05) is 11.5 Å². The molecule has 2 unspecified atom stereocenters. The lowest BCUT2D eigenvalue weighted by Gasteiger charge is -2.50. The van der Waals surface area contributed by atoms with Gasteiger partial charge in [0.05, 0.1) is 17.1 Å². The van der Waals surface area contributed by atoms with Gasteiger partial charge in [-0.25, -0.2) is 8.42 Å². The average molecular weight is 261 g/mol. The first-order chi connectivity index (χ1) is 7.77. The van der Waals surface area contributed by atoms with Crippen LogP contribution in [0.5, 0.6) is 0 Å². The fraction of sp³-hybridized carbons (Fsp3) is 1.00.